The van der Waals surface area contributed by atoms with Gasteiger partial charge < -0.3 is 14.2 Å². The zero-order valence-electron chi connectivity index (χ0n) is 16.5. The minimum absolute atomic E-state index is 0.0119. The third-order valence-corrected chi connectivity index (χ3v) is 2.95. The van der Waals surface area contributed by atoms with Crippen molar-refractivity contribution < 1.29 is 28.6 Å². The van der Waals surface area contributed by atoms with Gasteiger partial charge in [0.2, 0.25) is 0 Å². The first-order valence-electron chi connectivity index (χ1n) is 8.07. The number of carbonyl (C=O) groups excluding carboxylic acids is 3. The molecule has 8 nitrogen and oxygen atoms in total. The second-order valence-electron chi connectivity index (χ2n) is 7.59. The standard InChI is InChI=1S/C18H26N2O6/c1-11-12(9-10-19-13(11)14(21)24-8)20(15(22)25-17(2,3)4)16(23)26-18(5,6)7/h9-10H,1-8H3. The average Bonchev–Trinajstić information content (AvgIpc) is 2.44. The lowest BCUT2D eigenvalue weighted by atomic mass is 10.1. The fourth-order valence-corrected chi connectivity index (χ4v) is 1.96. The van der Waals surface area contributed by atoms with Crippen LogP contribution in [0, 0.1) is 6.92 Å². The van der Waals surface area contributed by atoms with Crippen LogP contribution in [0.5, 0.6) is 0 Å². The number of ether oxygens (including phenoxy) is 3. The highest BCUT2D eigenvalue weighted by atomic mass is 16.6. The third-order valence-electron chi connectivity index (χ3n) is 2.95. The first kappa shape index (κ1) is 21.4. The predicted octanol–water partition coefficient (Wildman–Crippen LogP) is 3.85. The highest BCUT2D eigenvalue weighted by Gasteiger charge is 2.34. The molecule has 1 rings (SSSR count). The van der Waals surface area contributed by atoms with Crippen LogP contribution >= 0.6 is 0 Å². The van der Waals surface area contributed by atoms with E-state index in [2.05, 4.69) is 9.72 Å². The highest BCUT2D eigenvalue weighted by molar-refractivity contribution is 6.10. The molecule has 26 heavy (non-hydrogen) atoms. The smallest absolute Gasteiger partial charge is 0.424 e. The Morgan fingerprint density at radius 3 is 1.81 bits per heavy atom. The van der Waals surface area contributed by atoms with Crippen molar-refractivity contribution in [2.45, 2.75) is 59.7 Å². The Morgan fingerprint density at radius 1 is 0.962 bits per heavy atom. The Bertz CT molecular complexity index is 673. The van der Waals surface area contributed by atoms with Crippen molar-refractivity contribution in [3.05, 3.63) is 23.5 Å². The number of aromatic nitrogens is 1. The molecule has 1 heterocycles. The van der Waals surface area contributed by atoms with Crippen molar-refractivity contribution in [3.8, 4) is 0 Å². The summed E-state index contributed by atoms with van der Waals surface area (Å²) in [7, 11) is 1.22. The van der Waals surface area contributed by atoms with E-state index in [1.54, 1.807) is 48.5 Å². The lowest BCUT2D eigenvalue weighted by molar-refractivity contribution is 0.0428. The molecule has 0 fully saturated rings. The number of imide groups is 1. The molecule has 0 aromatic carbocycles. The van der Waals surface area contributed by atoms with E-state index in [0.29, 0.717) is 0 Å². The summed E-state index contributed by atoms with van der Waals surface area (Å²) in [4.78, 5) is 41.9. The zero-order valence-corrected chi connectivity index (χ0v) is 16.5. The molecule has 0 atom stereocenters. The summed E-state index contributed by atoms with van der Waals surface area (Å²) in [6.45, 7) is 11.6. The fraction of sp³-hybridized carbons (Fsp3) is 0.556. The molecular weight excluding hydrogens is 340 g/mol. The van der Waals surface area contributed by atoms with E-state index in [1.807, 2.05) is 0 Å². The van der Waals surface area contributed by atoms with Gasteiger partial charge in [-0.1, -0.05) is 0 Å². The Morgan fingerprint density at radius 2 is 1.42 bits per heavy atom. The summed E-state index contributed by atoms with van der Waals surface area (Å²) in [6.07, 6.45) is -0.537. The third kappa shape index (κ3) is 5.72. The minimum atomic E-state index is -0.920. The van der Waals surface area contributed by atoms with Crippen LogP contribution < -0.4 is 4.90 Å². The molecule has 0 aliphatic rings. The number of pyridine rings is 1. The number of carbonyl (C=O) groups is 3. The quantitative estimate of drug-likeness (QED) is 0.579. The maximum atomic E-state index is 12.7. The van der Waals surface area contributed by atoms with Crippen LogP contribution in [-0.2, 0) is 14.2 Å². The number of methoxy groups -OCH3 is 1. The van der Waals surface area contributed by atoms with E-state index >= 15 is 0 Å². The molecule has 0 aliphatic carbocycles. The van der Waals surface area contributed by atoms with Crippen molar-refractivity contribution >= 4 is 23.8 Å². The van der Waals surface area contributed by atoms with Crippen LogP contribution in [-0.4, -0.2) is 41.5 Å². The molecule has 0 aliphatic heterocycles. The van der Waals surface area contributed by atoms with Crippen molar-refractivity contribution in [3.63, 3.8) is 0 Å². The molecule has 0 radical (unpaired) electrons. The number of hydrogen-bond acceptors (Lipinski definition) is 7. The van der Waals surface area contributed by atoms with Crippen molar-refractivity contribution in [2.75, 3.05) is 12.0 Å². The number of anilines is 1. The zero-order chi connectivity index (χ0) is 20.3. The number of esters is 1. The summed E-state index contributed by atoms with van der Waals surface area (Å²) in [5.41, 5.74) is -1.26. The summed E-state index contributed by atoms with van der Waals surface area (Å²) in [5.74, 6) is -0.683. The maximum absolute atomic E-state index is 12.7. The topological polar surface area (TPSA) is 95.0 Å². The molecule has 0 unspecified atom stereocenters. The van der Waals surface area contributed by atoms with E-state index in [1.165, 1.54) is 19.4 Å². The van der Waals surface area contributed by atoms with Gasteiger partial charge in [-0.05, 0) is 54.5 Å². The lowest BCUT2D eigenvalue weighted by Gasteiger charge is -2.29. The predicted molar refractivity (Wildman–Crippen MR) is 95.3 cm³/mol. The van der Waals surface area contributed by atoms with Crippen molar-refractivity contribution in [2.24, 2.45) is 0 Å². The highest BCUT2D eigenvalue weighted by Crippen LogP contribution is 2.26. The van der Waals surface area contributed by atoms with Gasteiger partial charge in [0.05, 0.1) is 12.8 Å². The molecule has 0 spiro atoms. The number of amides is 2. The lowest BCUT2D eigenvalue weighted by Crippen LogP contribution is -2.44. The van der Waals surface area contributed by atoms with Crippen LogP contribution in [0.15, 0.2) is 12.3 Å². The fourth-order valence-electron chi connectivity index (χ4n) is 1.96. The van der Waals surface area contributed by atoms with Gasteiger partial charge in [0.25, 0.3) is 0 Å². The molecule has 0 bridgehead atoms. The molecule has 8 heteroatoms. The second-order valence-corrected chi connectivity index (χ2v) is 7.59. The van der Waals surface area contributed by atoms with Crippen molar-refractivity contribution in [1.29, 1.82) is 0 Å². The van der Waals surface area contributed by atoms with Crippen molar-refractivity contribution in [1.82, 2.24) is 4.98 Å². The Hall–Kier alpha value is -2.64. The summed E-state index contributed by atoms with van der Waals surface area (Å²) in [6, 6.07) is 1.43. The van der Waals surface area contributed by atoms with Gasteiger partial charge >= 0.3 is 18.2 Å². The van der Waals surface area contributed by atoms with Gasteiger partial charge in [-0.2, -0.15) is 4.90 Å². The van der Waals surface area contributed by atoms with Gasteiger partial charge in [0, 0.05) is 11.8 Å². The molecule has 0 saturated heterocycles. The van der Waals surface area contributed by atoms with Crippen LogP contribution in [0.1, 0.15) is 57.6 Å². The molecule has 2 amide bonds. The molecule has 1 aromatic rings. The van der Waals surface area contributed by atoms with Gasteiger partial charge in [-0.3, -0.25) is 0 Å². The molecule has 0 saturated carbocycles. The van der Waals surface area contributed by atoms with Gasteiger partial charge in [-0.15, -0.1) is 0 Å². The van der Waals surface area contributed by atoms with E-state index in [-0.39, 0.29) is 16.9 Å². The number of nitrogens with zero attached hydrogens (tertiary/aromatic N) is 2. The molecule has 1 aromatic heterocycles. The van der Waals surface area contributed by atoms with Crippen LogP contribution in [0.4, 0.5) is 15.3 Å². The Labute approximate surface area is 153 Å². The minimum Gasteiger partial charge on any atom is -0.464 e. The van der Waals surface area contributed by atoms with E-state index in [4.69, 9.17) is 9.47 Å². The van der Waals surface area contributed by atoms with Crippen LogP contribution in [0.25, 0.3) is 0 Å². The SMILES string of the molecule is COC(=O)c1nccc(N(C(=O)OC(C)(C)C)C(=O)OC(C)(C)C)c1C. The van der Waals surface area contributed by atoms with E-state index in [9.17, 15) is 14.4 Å². The maximum Gasteiger partial charge on any atom is 0.424 e. The summed E-state index contributed by atoms with van der Waals surface area (Å²) in [5, 5.41) is 0. The Kier molecular flexibility index (Phi) is 6.35. The van der Waals surface area contributed by atoms with E-state index in [0.717, 1.165) is 4.90 Å². The van der Waals surface area contributed by atoms with Gasteiger partial charge in [-0.25, -0.2) is 19.4 Å². The van der Waals surface area contributed by atoms with Gasteiger partial charge in [0.15, 0.2) is 5.69 Å². The van der Waals surface area contributed by atoms with E-state index < -0.39 is 29.4 Å². The normalized spacial score (nSPS) is 11.5. The monoisotopic (exact) mass is 366 g/mol. The summed E-state index contributed by atoms with van der Waals surface area (Å²) >= 11 is 0. The molecule has 144 valence electrons. The molecule has 0 N–H and O–H groups in total. The first-order valence-corrected chi connectivity index (χ1v) is 8.07. The largest absolute Gasteiger partial charge is 0.464 e. The van der Waals surface area contributed by atoms with Gasteiger partial charge in [0.1, 0.15) is 11.2 Å². The van der Waals surface area contributed by atoms with Crippen LogP contribution in [0.3, 0.4) is 0 Å². The second kappa shape index (κ2) is 7.72. The number of rotatable bonds is 2. The Balaban J connectivity index is 3.44. The first-order chi connectivity index (χ1) is 11.8. The average molecular weight is 366 g/mol. The van der Waals surface area contributed by atoms with Crippen LogP contribution in [0.2, 0.25) is 0 Å². The summed E-state index contributed by atoms with van der Waals surface area (Å²) < 4.78 is 15.3. The molecular formula is C18H26N2O6. The number of hydrogen-bond donors (Lipinski definition) is 0.